The third kappa shape index (κ3) is 35.4. The van der Waals surface area contributed by atoms with Gasteiger partial charge in [-0.15, -0.1) is 0 Å². The normalized spacial score (nSPS) is 14.2. The van der Waals surface area contributed by atoms with Crippen molar-refractivity contribution < 1.29 is 38.2 Å². The van der Waals surface area contributed by atoms with E-state index < -0.39 is 18.1 Å². The molecule has 0 saturated heterocycles. The van der Waals surface area contributed by atoms with Gasteiger partial charge in [0.15, 0.2) is 6.10 Å². The highest BCUT2D eigenvalue weighted by molar-refractivity contribution is 5.70. The van der Waals surface area contributed by atoms with Gasteiger partial charge in [0, 0.05) is 19.3 Å². The predicted octanol–water partition coefficient (Wildman–Crippen LogP) is 9.74. The lowest BCUT2D eigenvalue weighted by molar-refractivity contribution is -0.889. The molecule has 0 aliphatic carbocycles. The second-order valence-corrected chi connectivity index (χ2v) is 14.2. The number of esters is 2. The number of carboxylic acids is 1. The first-order valence-electron chi connectivity index (χ1n) is 20.6. The number of hydrogen-bond donors (Lipinski definition) is 0. The van der Waals surface area contributed by atoms with Crippen LogP contribution in [0.5, 0.6) is 0 Å². The molecule has 0 bridgehead atoms. The van der Waals surface area contributed by atoms with Gasteiger partial charge in [0.25, 0.3) is 0 Å². The first-order valence-corrected chi connectivity index (χ1v) is 20.6. The topological polar surface area (TPSA) is 102 Å². The van der Waals surface area contributed by atoms with E-state index in [2.05, 4.69) is 80.7 Å². The first kappa shape index (κ1) is 51.7. The van der Waals surface area contributed by atoms with E-state index in [4.69, 9.17) is 14.2 Å². The number of ether oxygens (including phenoxy) is 3. The van der Waals surface area contributed by atoms with Crippen molar-refractivity contribution in [1.29, 1.82) is 0 Å². The molecular formula is C48H73NO7. The van der Waals surface area contributed by atoms with Gasteiger partial charge in [0.1, 0.15) is 12.6 Å². The molecule has 56 heavy (non-hydrogen) atoms. The molecule has 0 aromatic heterocycles. The van der Waals surface area contributed by atoms with Crippen LogP contribution < -0.4 is 5.11 Å². The van der Waals surface area contributed by atoms with Crippen LogP contribution in [0.15, 0.2) is 122 Å². The molecule has 0 amide bonds. The number of carbonyl (C=O) groups excluding carboxylic acids is 3. The van der Waals surface area contributed by atoms with Crippen molar-refractivity contribution in [3.63, 3.8) is 0 Å². The van der Waals surface area contributed by atoms with Crippen LogP contribution in [-0.2, 0) is 28.6 Å². The van der Waals surface area contributed by atoms with Gasteiger partial charge < -0.3 is 28.6 Å². The second-order valence-electron chi connectivity index (χ2n) is 14.2. The Hall–Kier alpha value is -4.27. The summed E-state index contributed by atoms with van der Waals surface area (Å²) in [6.45, 7) is 4.24. The standard InChI is InChI=1S/C48H73NO7/c1-6-8-10-12-14-16-18-20-21-22-23-24-25-27-29-31-33-35-37-39-47(51)56-44(42-54-41-40-45(48(52)53)49(3,4)5)43-55-46(50)38-36-34-32-30-28-26-19-17-15-13-11-9-7-2/h8-11,13-17,19-21,23-24,26-30,32,44-45H,6-7,12,18,22,25,31,33-43H2,1-5H3/b10-8+,11-9+,15-13+,16-14+,19-17+,21-20+,24-23+,28-26+,29-27+,32-30+. The summed E-state index contributed by atoms with van der Waals surface area (Å²) in [7, 11) is 5.35. The van der Waals surface area contributed by atoms with Crippen LogP contribution in [0.2, 0.25) is 0 Å². The Morgan fingerprint density at radius 3 is 1.61 bits per heavy atom. The van der Waals surface area contributed by atoms with Gasteiger partial charge in [-0.05, 0) is 70.6 Å². The number of likely N-dealkylation sites (N-methyl/N-ethyl adjacent to an activating group) is 1. The molecule has 0 aromatic carbocycles. The Balaban J connectivity index is 4.58. The summed E-state index contributed by atoms with van der Waals surface area (Å²) in [5.41, 5.74) is 0. The molecule has 0 rings (SSSR count). The number of aliphatic carboxylic acids is 1. The van der Waals surface area contributed by atoms with Crippen molar-refractivity contribution in [2.24, 2.45) is 0 Å². The minimum atomic E-state index is -1.15. The van der Waals surface area contributed by atoms with Crippen LogP contribution in [0.25, 0.3) is 0 Å². The summed E-state index contributed by atoms with van der Waals surface area (Å²) in [5.74, 6) is -1.90. The average Bonchev–Trinajstić information content (AvgIpc) is 3.15. The predicted molar refractivity (Wildman–Crippen MR) is 230 cm³/mol. The molecular weight excluding hydrogens is 703 g/mol. The molecule has 0 radical (unpaired) electrons. The maximum Gasteiger partial charge on any atom is 0.306 e. The molecule has 2 atom stereocenters. The lowest BCUT2D eigenvalue weighted by atomic mass is 10.1. The molecule has 8 nitrogen and oxygen atoms in total. The van der Waals surface area contributed by atoms with Crippen molar-refractivity contribution in [3.8, 4) is 0 Å². The maximum atomic E-state index is 12.7. The molecule has 312 valence electrons. The van der Waals surface area contributed by atoms with Gasteiger partial charge in [-0.3, -0.25) is 9.59 Å². The number of rotatable bonds is 34. The van der Waals surface area contributed by atoms with Crippen LogP contribution in [0, 0.1) is 0 Å². The number of carbonyl (C=O) groups is 3. The molecule has 0 aromatic rings. The number of unbranched alkanes of at least 4 members (excludes halogenated alkanes) is 4. The van der Waals surface area contributed by atoms with Crippen molar-refractivity contribution in [1.82, 2.24) is 0 Å². The molecule has 0 saturated carbocycles. The van der Waals surface area contributed by atoms with Gasteiger partial charge >= 0.3 is 11.9 Å². The minimum Gasteiger partial charge on any atom is -0.544 e. The van der Waals surface area contributed by atoms with Crippen LogP contribution >= 0.6 is 0 Å². The van der Waals surface area contributed by atoms with E-state index in [-0.39, 0.29) is 55.5 Å². The fraction of sp³-hybridized carbons (Fsp3) is 0.521. The highest BCUT2D eigenvalue weighted by atomic mass is 16.6. The summed E-state index contributed by atoms with van der Waals surface area (Å²) in [4.78, 5) is 36.7. The molecule has 0 aliphatic rings. The minimum absolute atomic E-state index is 0.00521. The van der Waals surface area contributed by atoms with Gasteiger partial charge in [-0.2, -0.15) is 0 Å². The van der Waals surface area contributed by atoms with Crippen LogP contribution in [0.4, 0.5) is 0 Å². The Labute approximate surface area is 340 Å². The molecule has 0 heterocycles. The Kier molecular flexibility index (Phi) is 34.8. The first-order chi connectivity index (χ1) is 27.1. The van der Waals surface area contributed by atoms with E-state index >= 15 is 0 Å². The summed E-state index contributed by atoms with van der Waals surface area (Å²) in [6, 6.07) is -0.750. The zero-order valence-electron chi connectivity index (χ0n) is 35.2. The largest absolute Gasteiger partial charge is 0.544 e. The molecule has 0 N–H and O–H groups in total. The number of hydrogen-bond acceptors (Lipinski definition) is 7. The summed E-state index contributed by atoms with van der Waals surface area (Å²) < 4.78 is 17.0. The van der Waals surface area contributed by atoms with Crippen molar-refractivity contribution in [3.05, 3.63) is 122 Å². The van der Waals surface area contributed by atoms with Crippen molar-refractivity contribution >= 4 is 17.9 Å². The zero-order chi connectivity index (χ0) is 41.4. The summed E-state index contributed by atoms with van der Waals surface area (Å²) in [5, 5.41) is 11.6. The van der Waals surface area contributed by atoms with E-state index in [1.807, 2.05) is 54.7 Å². The lowest BCUT2D eigenvalue weighted by Gasteiger charge is -2.34. The van der Waals surface area contributed by atoms with Crippen molar-refractivity contribution in [2.75, 3.05) is 41.0 Å². The molecule has 0 spiro atoms. The quantitative estimate of drug-likeness (QED) is 0.0211. The summed E-state index contributed by atoms with van der Waals surface area (Å²) >= 11 is 0. The highest BCUT2D eigenvalue weighted by Gasteiger charge is 2.25. The monoisotopic (exact) mass is 776 g/mol. The SMILES string of the molecule is CC/C=C/C=C/C=C/C=C/C=C/CCCC(=O)OCC(COCCC(C(=O)[O-])[N+](C)(C)C)OC(=O)CCCCC/C=C/C/C=C/C/C=C/C/C=C/C/C=C/CC. The summed E-state index contributed by atoms with van der Waals surface area (Å²) in [6.07, 6.45) is 52.4. The second kappa shape index (κ2) is 37.6. The number of quaternary nitrogens is 1. The van der Waals surface area contributed by atoms with E-state index in [1.54, 1.807) is 21.1 Å². The third-order valence-corrected chi connectivity index (χ3v) is 8.22. The van der Waals surface area contributed by atoms with E-state index in [0.29, 0.717) is 12.8 Å². The highest BCUT2D eigenvalue weighted by Crippen LogP contribution is 2.10. The van der Waals surface area contributed by atoms with Gasteiger partial charge in [-0.25, -0.2) is 0 Å². The fourth-order valence-electron chi connectivity index (χ4n) is 5.07. The zero-order valence-corrected chi connectivity index (χ0v) is 35.2. The lowest BCUT2D eigenvalue weighted by Crippen LogP contribution is -2.55. The van der Waals surface area contributed by atoms with Gasteiger partial charge in [0.05, 0.1) is 40.3 Å². The van der Waals surface area contributed by atoms with Crippen LogP contribution in [0.3, 0.4) is 0 Å². The molecule has 2 unspecified atom stereocenters. The van der Waals surface area contributed by atoms with E-state index in [9.17, 15) is 19.5 Å². The Morgan fingerprint density at radius 2 is 1.05 bits per heavy atom. The smallest absolute Gasteiger partial charge is 0.306 e. The maximum absolute atomic E-state index is 12.7. The van der Waals surface area contributed by atoms with Crippen LogP contribution in [-0.4, -0.2) is 75.5 Å². The number of carboxylic acid groups (broad SMARTS) is 1. The Morgan fingerprint density at radius 1 is 0.554 bits per heavy atom. The molecule has 8 heteroatoms. The fourth-order valence-corrected chi connectivity index (χ4v) is 5.07. The van der Waals surface area contributed by atoms with E-state index in [0.717, 1.165) is 64.2 Å². The molecule has 0 fully saturated rings. The van der Waals surface area contributed by atoms with Crippen molar-refractivity contribution in [2.45, 2.75) is 122 Å². The third-order valence-electron chi connectivity index (χ3n) is 8.22. The van der Waals surface area contributed by atoms with Crippen LogP contribution in [0.1, 0.15) is 110 Å². The number of nitrogens with zero attached hydrogens (tertiary/aromatic N) is 1. The van der Waals surface area contributed by atoms with Gasteiger partial charge in [-0.1, -0.05) is 142 Å². The average molecular weight is 776 g/mol. The van der Waals surface area contributed by atoms with Gasteiger partial charge in [0.2, 0.25) is 0 Å². The Bertz CT molecular complexity index is 1320. The molecule has 0 aliphatic heterocycles. The van der Waals surface area contributed by atoms with E-state index in [1.165, 1.54) is 0 Å². The number of allylic oxidation sites excluding steroid dienone is 20.